The number of ether oxygens (including phenoxy) is 2. The van der Waals surface area contributed by atoms with E-state index in [1.807, 2.05) is 0 Å². The Morgan fingerprint density at radius 2 is 1.18 bits per heavy atom. The largest absolute Gasteiger partial charge is 0.431 e. The molecule has 2 N–H and O–H groups in total. The number of pyridine rings is 1. The second kappa shape index (κ2) is 11.2. The Kier molecular flexibility index (Phi) is 8.53. The lowest BCUT2D eigenvalue weighted by molar-refractivity contribution is -0.904. The first kappa shape index (κ1) is 29.8. The van der Waals surface area contributed by atoms with Gasteiger partial charge in [0.05, 0.1) is 0 Å². The van der Waals surface area contributed by atoms with Gasteiger partial charge in [-0.1, -0.05) is 30.3 Å². The summed E-state index contributed by atoms with van der Waals surface area (Å²) in [6, 6.07) is 8.38. The molecule has 212 valence electrons. The van der Waals surface area contributed by atoms with Crippen molar-refractivity contribution in [3.8, 4) is 11.5 Å². The number of hydrogen-bond donors (Lipinski definition) is 2. The highest BCUT2D eigenvalue weighted by atomic mass is 19.4. The van der Waals surface area contributed by atoms with E-state index >= 15 is 0 Å². The van der Waals surface area contributed by atoms with E-state index < -0.39 is 54.2 Å². The average molecular weight is 574 g/mol. The topological polar surface area (TPSA) is 62.8 Å². The zero-order valence-electron chi connectivity index (χ0n) is 19.2. The number of hydrogen-bond acceptors (Lipinski definition) is 4. The number of alkyl halides is 10. The van der Waals surface area contributed by atoms with Gasteiger partial charge in [-0.05, 0) is 35.2 Å². The smallest absolute Gasteiger partial charge is 0.430 e. The standard InChI is InChI=1S/C24H18F10NO4/c25-20(26)38-18-6-3-15(12-19(18)39-21(27)28)17(11-13-7-9-35(37)10-8-13)14-1-4-16(5-2-14)22(36,23(29,30)31)24(32,33)34/h1-10,12,17,20-21,36-37H,11H2/q+1. The molecule has 0 saturated heterocycles. The van der Waals surface area contributed by atoms with Gasteiger partial charge in [-0.3, -0.25) is 5.21 Å². The molecule has 0 spiro atoms. The van der Waals surface area contributed by atoms with Crippen molar-refractivity contribution in [2.24, 2.45) is 0 Å². The molecule has 3 rings (SSSR count). The first-order chi connectivity index (χ1) is 18.0. The predicted molar refractivity (Wildman–Crippen MR) is 112 cm³/mol. The fraction of sp³-hybridized carbons (Fsp3) is 0.292. The summed E-state index contributed by atoms with van der Waals surface area (Å²) >= 11 is 0. The van der Waals surface area contributed by atoms with Gasteiger partial charge in [0.1, 0.15) is 0 Å². The second-order valence-corrected chi connectivity index (χ2v) is 8.13. The number of aromatic nitrogens is 1. The molecule has 0 bridgehead atoms. The zero-order chi connectivity index (χ0) is 29.2. The Labute approximate surface area is 213 Å². The molecule has 0 fully saturated rings. The first-order valence-electron chi connectivity index (χ1n) is 10.7. The van der Waals surface area contributed by atoms with E-state index in [2.05, 4.69) is 9.47 Å². The Morgan fingerprint density at radius 1 is 0.692 bits per heavy atom. The van der Waals surface area contributed by atoms with Crippen LogP contribution in [0.2, 0.25) is 0 Å². The average Bonchev–Trinajstić information content (AvgIpc) is 2.82. The van der Waals surface area contributed by atoms with Gasteiger partial charge < -0.3 is 14.6 Å². The molecule has 0 saturated carbocycles. The first-order valence-corrected chi connectivity index (χ1v) is 10.7. The predicted octanol–water partition coefficient (Wildman–Crippen LogP) is 6.10. The molecule has 1 heterocycles. The van der Waals surface area contributed by atoms with Crippen LogP contribution in [0.3, 0.4) is 0 Å². The van der Waals surface area contributed by atoms with Gasteiger partial charge in [0.2, 0.25) is 12.4 Å². The van der Waals surface area contributed by atoms with E-state index in [-0.39, 0.29) is 17.5 Å². The third-order valence-corrected chi connectivity index (χ3v) is 5.68. The molecule has 2 aromatic carbocycles. The van der Waals surface area contributed by atoms with Crippen LogP contribution in [0.5, 0.6) is 11.5 Å². The van der Waals surface area contributed by atoms with Crippen molar-refractivity contribution in [2.45, 2.75) is 43.5 Å². The van der Waals surface area contributed by atoms with Crippen LogP contribution in [0, 0.1) is 0 Å². The van der Waals surface area contributed by atoms with Gasteiger partial charge in [0.15, 0.2) is 11.5 Å². The van der Waals surface area contributed by atoms with E-state index in [0.717, 1.165) is 24.3 Å². The summed E-state index contributed by atoms with van der Waals surface area (Å²) in [4.78, 5) is 0. The van der Waals surface area contributed by atoms with E-state index in [9.17, 15) is 54.2 Å². The number of halogens is 10. The molecular weight excluding hydrogens is 556 g/mol. The molecule has 3 aromatic rings. The number of rotatable bonds is 9. The van der Waals surface area contributed by atoms with Crippen molar-refractivity contribution in [2.75, 3.05) is 0 Å². The summed E-state index contributed by atoms with van der Waals surface area (Å²) in [6.45, 7) is -6.84. The molecule has 0 amide bonds. The van der Waals surface area contributed by atoms with Gasteiger partial charge in [0.25, 0.3) is 5.60 Å². The summed E-state index contributed by atoms with van der Waals surface area (Å²) in [6.07, 6.45) is -9.84. The van der Waals surface area contributed by atoms with Gasteiger partial charge in [-0.25, -0.2) is 0 Å². The SMILES string of the molecule is O[n+]1ccc(CC(c2ccc(C(O)(C(F)(F)F)C(F)(F)F)cc2)c2ccc(OC(F)F)c(OC(F)F)c2)cc1. The highest BCUT2D eigenvalue weighted by Crippen LogP contribution is 2.50. The van der Waals surface area contributed by atoms with Crippen molar-refractivity contribution < 1.29 is 68.4 Å². The summed E-state index contributed by atoms with van der Waals surface area (Å²) in [5, 5.41) is 19.1. The monoisotopic (exact) mass is 574 g/mol. The molecule has 1 aromatic heterocycles. The molecule has 1 atom stereocenters. The molecule has 39 heavy (non-hydrogen) atoms. The van der Waals surface area contributed by atoms with E-state index in [4.69, 9.17) is 0 Å². The highest BCUT2D eigenvalue weighted by Gasteiger charge is 2.71. The number of nitrogens with zero attached hydrogens (tertiary/aromatic N) is 1. The number of aliphatic hydroxyl groups is 1. The summed E-state index contributed by atoms with van der Waals surface area (Å²) in [5.74, 6) is -2.52. The van der Waals surface area contributed by atoms with Crippen LogP contribution >= 0.6 is 0 Å². The molecule has 0 aliphatic heterocycles. The zero-order valence-corrected chi connectivity index (χ0v) is 19.2. The van der Waals surface area contributed by atoms with Crippen LogP contribution in [-0.2, 0) is 12.0 Å². The fourth-order valence-electron chi connectivity index (χ4n) is 3.82. The second-order valence-electron chi connectivity index (χ2n) is 8.13. The lowest BCUT2D eigenvalue weighted by atomic mass is 9.84. The van der Waals surface area contributed by atoms with Crippen LogP contribution in [0.4, 0.5) is 43.9 Å². The van der Waals surface area contributed by atoms with Gasteiger partial charge in [-0.2, -0.15) is 43.9 Å². The quantitative estimate of drug-likeness (QED) is 0.184. The maximum atomic E-state index is 13.3. The van der Waals surface area contributed by atoms with Crippen LogP contribution in [0.1, 0.15) is 28.2 Å². The molecule has 1 unspecified atom stereocenters. The summed E-state index contributed by atoms with van der Waals surface area (Å²) in [5.41, 5.74) is -6.07. The fourth-order valence-corrected chi connectivity index (χ4v) is 3.82. The van der Waals surface area contributed by atoms with Crippen molar-refractivity contribution >= 4 is 0 Å². The van der Waals surface area contributed by atoms with E-state index in [0.29, 0.717) is 22.4 Å². The van der Waals surface area contributed by atoms with Crippen molar-refractivity contribution in [3.63, 3.8) is 0 Å². The highest BCUT2D eigenvalue weighted by molar-refractivity contribution is 5.47. The van der Waals surface area contributed by atoms with Gasteiger partial charge >= 0.3 is 25.6 Å². The molecule has 0 aliphatic carbocycles. The van der Waals surface area contributed by atoms with Gasteiger partial charge in [-0.15, -0.1) is 0 Å². The Morgan fingerprint density at radius 3 is 1.67 bits per heavy atom. The minimum absolute atomic E-state index is 0.0494. The minimum atomic E-state index is -6.11. The van der Waals surface area contributed by atoms with Crippen LogP contribution < -0.4 is 14.2 Å². The molecular formula is C24H18F10NO4+. The van der Waals surface area contributed by atoms with Gasteiger partial charge in [0, 0.05) is 28.3 Å². The normalized spacial score (nSPS) is 13.6. The van der Waals surface area contributed by atoms with Crippen LogP contribution in [0.15, 0.2) is 67.0 Å². The minimum Gasteiger partial charge on any atom is -0.431 e. The summed E-state index contributed by atoms with van der Waals surface area (Å²) in [7, 11) is 0. The third-order valence-electron chi connectivity index (χ3n) is 5.68. The molecule has 15 heteroatoms. The molecule has 0 radical (unpaired) electrons. The lowest BCUT2D eigenvalue weighted by Gasteiger charge is -2.33. The maximum absolute atomic E-state index is 13.3. The van der Waals surface area contributed by atoms with E-state index in [1.54, 1.807) is 0 Å². The van der Waals surface area contributed by atoms with Crippen molar-refractivity contribution in [3.05, 3.63) is 89.2 Å². The number of benzene rings is 2. The maximum Gasteiger partial charge on any atom is 0.430 e. The summed E-state index contributed by atoms with van der Waals surface area (Å²) < 4.78 is 140. The lowest BCUT2D eigenvalue weighted by Crippen LogP contribution is -2.53. The van der Waals surface area contributed by atoms with Crippen LogP contribution in [0.25, 0.3) is 0 Å². The third kappa shape index (κ3) is 6.64. The molecule has 0 aliphatic rings. The Hall–Kier alpha value is -3.75. The molecule has 5 nitrogen and oxygen atoms in total. The van der Waals surface area contributed by atoms with Crippen molar-refractivity contribution in [1.29, 1.82) is 0 Å². The van der Waals surface area contributed by atoms with Crippen LogP contribution in [-0.4, -0.2) is 35.9 Å². The van der Waals surface area contributed by atoms with Crippen molar-refractivity contribution in [1.82, 2.24) is 0 Å². The Bertz CT molecular complexity index is 1230. The van der Waals surface area contributed by atoms with E-state index in [1.165, 1.54) is 30.6 Å². The Balaban J connectivity index is 2.12.